The summed E-state index contributed by atoms with van der Waals surface area (Å²) in [7, 11) is 0. The van der Waals surface area contributed by atoms with Gasteiger partial charge in [0.2, 0.25) is 0 Å². The number of para-hydroxylation sites is 2. The number of aromatic nitrogens is 2. The fourth-order valence-corrected chi connectivity index (χ4v) is 2.56. The number of imidazole rings is 1. The summed E-state index contributed by atoms with van der Waals surface area (Å²) in [4.78, 5) is 19.6. The van der Waals surface area contributed by atoms with E-state index in [9.17, 15) is 4.79 Å². The molecule has 0 aliphatic heterocycles. The Hall–Kier alpha value is -1.84. The van der Waals surface area contributed by atoms with Crippen molar-refractivity contribution in [2.45, 2.75) is 39.2 Å². The van der Waals surface area contributed by atoms with Crippen LogP contribution in [0.4, 0.5) is 0 Å². The van der Waals surface area contributed by atoms with Crippen LogP contribution in [-0.4, -0.2) is 15.9 Å². The minimum absolute atomic E-state index is 0.127. The number of nitrogens with one attached hydrogen (secondary N) is 1. The van der Waals surface area contributed by atoms with Crippen LogP contribution in [0.2, 0.25) is 0 Å². The lowest BCUT2D eigenvalue weighted by atomic mass is 10.0. The van der Waals surface area contributed by atoms with Crippen molar-refractivity contribution < 1.29 is 9.53 Å². The van der Waals surface area contributed by atoms with Crippen LogP contribution in [0.25, 0.3) is 11.0 Å². The average Bonchev–Trinajstić information content (AvgIpc) is 3.17. The molecule has 106 valence electrons. The molecule has 1 aliphatic rings. The molecule has 1 saturated carbocycles. The fraction of sp³-hybridized carbons (Fsp3) is 0.500. The summed E-state index contributed by atoms with van der Waals surface area (Å²) >= 11 is 0. The zero-order chi connectivity index (χ0) is 14.1. The Labute approximate surface area is 118 Å². The number of carbonyl (C=O) groups is 1. The maximum Gasteiger partial charge on any atom is 0.306 e. The van der Waals surface area contributed by atoms with Crippen molar-refractivity contribution in [2.24, 2.45) is 11.8 Å². The Bertz CT molecular complexity index is 583. The van der Waals surface area contributed by atoms with Crippen molar-refractivity contribution in [1.29, 1.82) is 0 Å². The molecule has 0 saturated heterocycles. The summed E-state index contributed by atoms with van der Waals surface area (Å²) in [6.07, 6.45) is 2.69. The van der Waals surface area contributed by atoms with Gasteiger partial charge in [-0.15, -0.1) is 0 Å². The number of nitrogens with zero attached hydrogens (tertiary/aromatic N) is 1. The zero-order valence-electron chi connectivity index (χ0n) is 11.9. The molecule has 1 heterocycles. The number of H-pyrrole nitrogens is 1. The predicted molar refractivity (Wildman–Crippen MR) is 77.1 cm³/mol. The Balaban J connectivity index is 1.62. The summed E-state index contributed by atoms with van der Waals surface area (Å²) in [5.41, 5.74) is 1.87. The lowest BCUT2D eigenvalue weighted by Gasteiger charge is -2.13. The van der Waals surface area contributed by atoms with E-state index >= 15 is 0 Å². The van der Waals surface area contributed by atoms with Crippen LogP contribution in [0, 0.1) is 11.8 Å². The van der Waals surface area contributed by atoms with Gasteiger partial charge in [-0.05, 0) is 43.7 Å². The first kappa shape index (κ1) is 13.2. The monoisotopic (exact) mass is 272 g/mol. The van der Waals surface area contributed by atoms with Gasteiger partial charge in [-0.3, -0.25) is 4.79 Å². The van der Waals surface area contributed by atoms with Gasteiger partial charge in [0, 0.05) is 6.42 Å². The molecule has 2 atom stereocenters. The van der Waals surface area contributed by atoms with Gasteiger partial charge in [0.05, 0.1) is 11.0 Å². The first-order chi connectivity index (χ1) is 9.63. The molecule has 1 aromatic carbocycles. The zero-order valence-corrected chi connectivity index (χ0v) is 11.9. The van der Waals surface area contributed by atoms with Crippen molar-refractivity contribution >= 4 is 17.0 Å². The fourth-order valence-electron chi connectivity index (χ4n) is 2.56. The van der Waals surface area contributed by atoms with E-state index in [4.69, 9.17) is 4.74 Å². The molecule has 20 heavy (non-hydrogen) atoms. The molecule has 3 rings (SSSR count). The van der Waals surface area contributed by atoms with E-state index < -0.39 is 0 Å². The summed E-state index contributed by atoms with van der Waals surface area (Å²) < 4.78 is 5.48. The lowest BCUT2D eigenvalue weighted by molar-refractivity contribution is -0.150. The number of esters is 1. The van der Waals surface area contributed by atoms with Crippen molar-refractivity contribution in [2.75, 3.05) is 0 Å². The highest BCUT2D eigenvalue weighted by Gasteiger charge is 2.30. The molecule has 0 bridgehead atoms. The van der Waals surface area contributed by atoms with Gasteiger partial charge in [-0.1, -0.05) is 19.1 Å². The Morgan fingerprint density at radius 3 is 2.85 bits per heavy atom. The normalized spacial score (nSPS) is 17.9. The molecule has 4 nitrogen and oxygen atoms in total. The molecule has 1 aliphatic carbocycles. The second-order valence-electron chi connectivity index (χ2n) is 5.79. The summed E-state index contributed by atoms with van der Waals surface area (Å²) in [5, 5.41) is 0. The molecule has 2 aromatic rings. The molecular weight excluding hydrogens is 252 g/mol. The van der Waals surface area contributed by atoms with Crippen LogP contribution < -0.4 is 0 Å². The minimum atomic E-state index is -0.332. The van der Waals surface area contributed by atoms with Crippen LogP contribution in [0.15, 0.2) is 24.3 Å². The number of hydrogen-bond donors (Lipinski definition) is 1. The third-order valence-corrected chi connectivity index (χ3v) is 4.02. The van der Waals surface area contributed by atoms with Crippen LogP contribution in [0.1, 0.15) is 45.0 Å². The third kappa shape index (κ3) is 2.84. The van der Waals surface area contributed by atoms with Crippen LogP contribution in [0.5, 0.6) is 0 Å². The van der Waals surface area contributed by atoms with Gasteiger partial charge in [-0.25, -0.2) is 4.98 Å². The molecule has 0 spiro atoms. The molecule has 0 unspecified atom stereocenters. The molecule has 1 fully saturated rings. The second kappa shape index (κ2) is 5.27. The van der Waals surface area contributed by atoms with E-state index in [0.29, 0.717) is 18.2 Å². The van der Waals surface area contributed by atoms with Gasteiger partial charge in [0.1, 0.15) is 5.82 Å². The smallest absolute Gasteiger partial charge is 0.306 e. The number of fused-ring (bicyclic) bond motifs is 1. The SMILES string of the molecule is C[C@H](CC(=O)O[C@H](C)c1nc2ccccc2[nH]1)C1CC1. The third-order valence-electron chi connectivity index (χ3n) is 4.02. The van der Waals surface area contributed by atoms with Crippen LogP contribution in [-0.2, 0) is 9.53 Å². The minimum Gasteiger partial charge on any atom is -0.454 e. The Morgan fingerprint density at radius 1 is 1.40 bits per heavy atom. The number of hydrogen-bond acceptors (Lipinski definition) is 3. The number of rotatable bonds is 5. The largest absolute Gasteiger partial charge is 0.454 e. The number of ether oxygens (including phenoxy) is 1. The maximum atomic E-state index is 11.9. The quantitative estimate of drug-likeness (QED) is 0.846. The molecule has 1 N–H and O–H groups in total. The summed E-state index contributed by atoms with van der Waals surface area (Å²) in [6.45, 7) is 3.99. The van der Waals surface area contributed by atoms with Crippen molar-refractivity contribution in [3.8, 4) is 0 Å². The van der Waals surface area contributed by atoms with Gasteiger partial charge in [-0.2, -0.15) is 0 Å². The molecule has 0 amide bonds. The molecule has 0 radical (unpaired) electrons. The summed E-state index contributed by atoms with van der Waals surface area (Å²) in [6, 6.07) is 7.81. The predicted octanol–water partition coefficient (Wildman–Crippen LogP) is 3.60. The van der Waals surface area contributed by atoms with Crippen molar-refractivity contribution in [3.63, 3.8) is 0 Å². The van der Waals surface area contributed by atoms with Gasteiger partial charge in [0.25, 0.3) is 0 Å². The van der Waals surface area contributed by atoms with Crippen LogP contribution >= 0.6 is 0 Å². The van der Waals surface area contributed by atoms with E-state index in [0.717, 1.165) is 17.0 Å². The number of carbonyl (C=O) groups excluding carboxylic acids is 1. The van der Waals surface area contributed by atoms with E-state index in [2.05, 4.69) is 16.9 Å². The van der Waals surface area contributed by atoms with Crippen molar-refractivity contribution in [1.82, 2.24) is 9.97 Å². The van der Waals surface area contributed by atoms with Gasteiger partial charge >= 0.3 is 5.97 Å². The highest BCUT2D eigenvalue weighted by molar-refractivity contribution is 5.75. The maximum absolute atomic E-state index is 11.9. The second-order valence-corrected chi connectivity index (χ2v) is 5.79. The van der Waals surface area contributed by atoms with E-state index in [1.54, 1.807) is 0 Å². The Morgan fingerprint density at radius 2 is 2.15 bits per heavy atom. The van der Waals surface area contributed by atoms with Crippen molar-refractivity contribution in [3.05, 3.63) is 30.1 Å². The molecule has 4 heteroatoms. The standard InChI is InChI=1S/C16H20N2O2/c1-10(12-7-8-12)9-15(19)20-11(2)16-17-13-5-3-4-6-14(13)18-16/h3-6,10-12H,7-9H2,1-2H3,(H,17,18)/t10-,11-/m1/s1. The lowest BCUT2D eigenvalue weighted by Crippen LogP contribution is -2.14. The first-order valence-electron chi connectivity index (χ1n) is 7.27. The van der Waals surface area contributed by atoms with Gasteiger partial charge < -0.3 is 9.72 Å². The highest BCUT2D eigenvalue weighted by Crippen LogP contribution is 2.38. The first-order valence-corrected chi connectivity index (χ1v) is 7.27. The average molecular weight is 272 g/mol. The van der Waals surface area contributed by atoms with Gasteiger partial charge in [0.15, 0.2) is 6.10 Å². The van der Waals surface area contributed by atoms with E-state index in [-0.39, 0.29) is 12.1 Å². The van der Waals surface area contributed by atoms with E-state index in [1.807, 2.05) is 31.2 Å². The van der Waals surface area contributed by atoms with Crippen LogP contribution in [0.3, 0.4) is 0 Å². The Kier molecular flexibility index (Phi) is 3.47. The highest BCUT2D eigenvalue weighted by atomic mass is 16.5. The molecule has 1 aromatic heterocycles. The van der Waals surface area contributed by atoms with E-state index in [1.165, 1.54) is 12.8 Å². The molecular formula is C16H20N2O2. The number of benzene rings is 1. The summed E-state index contributed by atoms with van der Waals surface area (Å²) in [5.74, 6) is 1.74. The topological polar surface area (TPSA) is 55.0 Å². The number of aromatic amines is 1.